The second-order valence-corrected chi connectivity index (χ2v) is 8.83. The topological polar surface area (TPSA) is 59.0 Å². The molecule has 4 rings (SSSR count). The molecule has 1 aromatic heterocycles. The van der Waals surface area contributed by atoms with Crippen LogP contribution in [0, 0.1) is 20.8 Å². The van der Waals surface area contributed by atoms with Crippen molar-refractivity contribution in [2.24, 2.45) is 4.99 Å². The predicted octanol–water partition coefficient (Wildman–Crippen LogP) is 4.75. The molecular weight excluding hydrogens is 408 g/mol. The number of Topliss-reactive ketones (excluding diaryl/α,β-unsaturated/α-hetero) is 1. The molecule has 0 bridgehead atoms. The van der Waals surface area contributed by atoms with Crippen LogP contribution in [0.5, 0.6) is 5.75 Å². The molecular formula is C25H24N2O3S. The molecule has 0 saturated carbocycles. The standard InChI is InChI=1S/C25H24N2O3S/c1-15-6-5-7-19(12-15)24-23-16(2)17(3)31-25(23)27(22(29)13-26-24)14-21(28)18-8-10-20(30-4)11-9-18/h5-12H,13-14H2,1-4H3. The molecule has 31 heavy (non-hydrogen) atoms. The van der Waals surface area contributed by atoms with E-state index >= 15 is 0 Å². The predicted molar refractivity (Wildman–Crippen MR) is 125 cm³/mol. The number of ketones is 1. The summed E-state index contributed by atoms with van der Waals surface area (Å²) in [6.45, 7) is 6.12. The van der Waals surface area contributed by atoms with E-state index in [1.165, 1.54) is 11.3 Å². The third kappa shape index (κ3) is 4.03. The lowest BCUT2D eigenvalue weighted by Gasteiger charge is -2.20. The Morgan fingerprint density at radius 3 is 2.55 bits per heavy atom. The van der Waals surface area contributed by atoms with Crippen molar-refractivity contribution < 1.29 is 14.3 Å². The van der Waals surface area contributed by atoms with Crippen molar-refractivity contribution in [2.45, 2.75) is 20.8 Å². The molecule has 1 amide bonds. The fourth-order valence-electron chi connectivity index (χ4n) is 3.70. The Bertz CT molecular complexity index is 1190. The van der Waals surface area contributed by atoms with Crippen LogP contribution in [-0.4, -0.2) is 37.6 Å². The number of amides is 1. The molecule has 158 valence electrons. The number of carbonyl (C=O) groups is 2. The summed E-state index contributed by atoms with van der Waals surface area (Å²) in [6.07, 6.45) is 0. The summed E-state index contributed by atoms with van der Waals surface area (Å²) in [6, 6.07) is 15.1. The fourth-order valence-corrected chi connectivity index (χ4v) is 4.88. The van der Waals surface area contributed by atoms with Gasteiger partial charge in [0.15, 0.2) is 5.78 Å². The van der Waals surface area contributed by atoms with Gasteiger partial charge in [-0.3, -0.25) is 19.5 Å². The Kier molecular flexibility index (Phi) is 5.74. The highest BCUT2D eigenvalue weighted by Gasteiger charge is 2.31. The summed E-state index contributed by atoms with van der Waals surface area (Å²) in [7, 11) is 1.58. The number of methoxy groups -OCH3 is 1. The van der Waals surface area contributed by atoms with E-state index in [1.807, 2.05) is 32.0 Å². The average Bonchev–Trinajstić information content (AvgIpc) is 2.98. The van der Waals surface area contributed by atoms with Crippen LogP contribution >= 0.6 is 11.3 Å². The monoisotopic (exact) mass is 432 g/mol. The molecule has 0 radical (unpaired) electrons. The largest absolute Gasteiger partial charge is 0.497 e. The first-order valence-corrected chi connectivity index (χ1v) is 10.9. The molecule has 0 N–H and O–H groups in total. The third-order valence-electron chi connectivity index (χ3n) is 5.53. The van der Waals surface area contributed by atoms with Crippen molar-refractivity contribution in [1.82, 2.24) is 0 Å². The minimum absolute atomic E-state index is 0.0130. The maximum Gasteiger partial charge on any atom is 0.249 e. The molecule has 2 aromatic carbocycles. The summed E-state index contributed by atoms with van der Waals surface area (Å²) < 4.78 is 5.17. The van der Waals surface area contributed by atoms with Gasteiger partial charge < -0.3 is 4.74 Å². The van der Waals surface area contributed by atoms with E-state index in [0.29, 0.717) is 11.3 Å². The van der Waals surface area contributed by atoms with Crippen molar-refractivity contribution in [2.75, 3.05) is 25.1 Å². The molecule has 0 fully saturated rings. The zero-order valence-electron chi connectivity index (χ0n) is 18.1. The van der Waals surface area contributed by atoms with E-state index in [1.54, 1.807) is 36.3 Å². The number of hydrogen-bond acceptors (Lipinski definition) is 5. The molecule has 5 nitrogen and oxygen atoms in total. The molecule has 6 heteroatoms. The number of hydrogen-bond donors (Lipinski definition) is 0. The zero-order chi connectivity index (χ0) is 22.1. The Labute approximate surface area is 186 Å². The van der Waals surface area contributed by atoms with Gasteiger partial charge in [-0.25, -0.2) is 0 Å². The highest BCUT2D eigenvalue weighted by atomic mass is 32.1. The van der Waals surface area contributed by atoms with Crippen LogP contribution in [0.1, 0.15) is 37.5 Å². The van der Waals surface area contributed by atoms with Crippen molar-refractivity contribution >= 4 is 33.7 Å². The van der Waals surface area contributed by atoms with Crippen molar-refractivity contribution in [3.8, 4) is 5.75 Å². The Hall–Kier alpha value is -3.25. The van der Waals surface area contributed by atoms with Crippen LogP contribution in [0.4, 0.5) is 5.00 Å². The smallest absolute Gasteiger partial charge is 0.249 e. The molecule has 0 atom stereocenters. The van der Waals surface area contributed by atoms with Crippen LogP contribution in [-0.2, 0) is 4.79 Å². The first-order valence-electron chi connectivity index (χ1n) is 10.1. The summed E-state index contributed by atoms with van der Waals surface area (Å²) in [5.41, 5.74) is 5.52. The van der Waals surface area contributed by atoms with Crippen LogP contribution in [0.2, 0.25) is 0 Å². The molecule has 1 aliphatic rings. The molecule has 0 unspecified atom stereocenters. The summed E-state index contributed by atoms with van der Waals surface area (Å²) in [4.78, 5) is 33.5. The number of anilines is 1. The van der Waals surface area contributed by atoms with Gasteiger partial charge in [-0.2, -0.15) is 0 Å². The second-order valence-electron chi connectivity index (χ2n) is 7.63. The zero-order valence-corrected chi connectivity index (χ0v) is 18.9. The minimum Gasteiger partial charge on any atom is -0.497 e. The lowest BCUT2D eigenvalue weighted by molar-refractivity contribution is -0.117. The van der Waals surface area contributed by atoms with Gasteiger partial charge in [-0.05, 0) is 56.7 Å². The van der Waals surface area contributed by atoms with E-state index < -0.39 is 0 Å². The van der Waals surface area contributed by atoms with Gasteiger partial charge in [-0.1, -0.05) is 23.8 Å². The van der Waals surface area contributed by atoms with Crippen molar-refractivity contribution in [1.29, 1.82) is 0 Å². The quantitative estimate of drug-likeness (QED) is 0.547. The number of nitrogens with zero attached hydrogens (tertiary/aromatic N) is 2. The van der Waals surface area contributed by atoms with E-state index in [9.17, 15) is 9.59 Å². The van der Waals surface area contributed by atoms with Gasteiger partial charge in [0.25, 0.3) is 0 Å². The Balaban J connectivity index is 1.74. The van der Waals surface area contributed by atoms with Gasteiger partial charge in [0.05, 0.1) is 19.4 Å². The van der Waals surface area contributed by atoms with Crippen molar-refractivity contribution in [3.05, 3.63) is 81.2 Å². The van der Waals surface area contributed by atoms with Gasteiger partial charge in [-0.15, -0.1) is 11.3 Å². The average molecular weight is 433 g/mol. The summed E-state index contributed by atoms with van der Waals surface area (Å²) in [5, 5.41) is 0.791. The number of thiophene rings is 1. The van der Waals surface area contributed by atoms with Crippen LogP contribution in [0.25, 0.3) is 0 Å². The number of rotatable bonds is 5. The van der Waals surface area contributed by atoms with Crippen LogP contribution in [0.15, 0.2) is 53.5 Å². The van der Waals surface area contributed by atoms with Crippen molar-refractivity contribution in [3.63, 3.8) is 0 Å². The number of aliphatic imine (C=N–C) groups is 1. The number of aryl methyl sites for hydroxylation is 2. The second kappa shape index (κ2) is 8.47. The molecule has 3 aromatic rings. The van der Waals surface area contributed by atoms with Gasteiger partial charge in [0.1, 0.15) is 17.3 Å². The number of ether oxygens (including phenoxy) is 1. The van der Waals surface area contributed by atoms with E-state index in [4.69, 9.17) is 4.74 Å². The van der Waals surface area contributed by atoms with Gasteiger partial charge in [0, 0.05) is 21.6 Å². The first-order chi connectivity index (χ1) is 14.9. The van der Waals surface area contributed by atoms with E-state index in [2.05, 4.69) is 18.0 Å². The van der Waals surface area contributed by atoms with Crippen LogP contribution < -0.4 is 9.64 Å². The molecule has 1 aliphatic heterocycles. The molecule has 2 heterocycles. The minimum atomic E-state index is -0.174. The highest BCUT2D eigenvalue weighted by molar-refractivity contribution is 7.17. The van der Waals surface area contributed by atoms with E-state index in [0.717, 1.165) is 37.8 Å². The number of carbonyl (C=O) groups excluding carboxylic acids is 2. The SMILES string of the molecule is COc1ccc(C(=O)CN2C(=O)CN=C(c3cccc(C)c3)c3c2sc(C)c3C)cc1. The maximum atomic E-state index is 13.1. The Morgan fingerprint density at radius 2 is 1.87 bits per heavy atom. The van der Waals surface area contributed by atoms with Crippen LogP contribution in [0.3, 0.4) is 0 Å². The number of benzene rings is 2. The molecule has 0 spiro atoms. The molecule has 0 saturated heterocycles. The highest BCUT2D eigenvalue weighted by Crippen LogP contribution is 2.39. The van der Waals surface area contributed by atoms with Gasteiger partial charge in [0.2, 0.25) is 5.91 Å². The maximum absolute atomic E-state index is 13.1. The fraction of sp³-hybridized carbons (Fsp3) is 0.240. The van der Waals surface area contributed by atoms with E-state index in [-0.39, 0.29) is 24.8 Å². The lowest BCUT2D eigenvalue weighted by atomic mass is 9.98. The summed E-state index contributed by atoms with van der Waals surface area (Å²) >= 11 is 1.54. The first kappa shape index (κ1) is 21.0. The van der Waals surface area contributed by atoms with Gasteiger partial charge >= 0.3 is 0 Å². The normalized spacial score (nSPS) is 13.5. The Morgan fingerprint density at radius 1 is 1.13 bits per heavy atom. The lowest BCUT2D eigenvalue weighted by Crippen LogP contribution is -2.36. The third-order valence-corrected chi connectivity index (χ3v) is 6.76. The molecule has 0 aliphatic carbocycles. The summed E-state index contributed by atoms with van der Waals surface area (Å²) in [5.74, 6) is 0.391. The number of fused-ring (bicyclic) bond motifs is 1.